The number of carbonyl (C=O) groups excluding carboxylic acids is 1. The molecule has 0 spiro atoms. The Morgan fingerprint density at radius 2 is 2.22 bits per heavy atom. The number of aliphatic carboxylic acids is 1. The first kappa shape index (κ1) is 14.4. The minimum atomic E-state index is -1.35. The summed E-state index contributed by atoms with van der Waals surface area (Å²) in [5.74, 6) is -1.52. The normalized spacial score (nSPS) is 13.4. The van der Waals surface area contributed by atoms with E-state index in [2.05, 4.69) is 27.8 Å². The van der Waals surface area contributed by atoms with E-state index in [-0.39, 0.29) is 6.42 Å². The Morgan fingerprint density at radius 3 is 2.72 bits per heavy atom. The number of carbonyl (C=O) groups is 2. The van der Waals surface area contributed by atoms with Crippen molar-refractivity contribution in [3.05, 3.63) is 47.0 Å². The molecule has 1 rings (SSSR count). The maximum Gasteiger partial charge on any atom is 0.329 e. The van der Waals surface area contributed by atoms with Crippen LogP contribution in [0.2, 0.25) is 0 Å². The minimum absolute atomic E-state index is 0.155. The van der Waals surface area contributed by atoms with Crippen LogP contribution >= 0.6 is 15.9 Å². The lowest BCUT2D eigenvalue weighted by molar-refractivity contribution is -0.143. The summed E-state index contributed by atoms with van der Waals surface area (Å²) in [6, 6.07) is 6.75. The molecule has 0 aromatic heterocycles. The molecule has 1 aromatic rings. The second kappa shape index (κ2) is 5.82. The zero-order valence-corrected chi connectivity index (χ0v) is 11.5. The van der Waals surface area contributed by atoms with Crippen molar-refractivity contribution in [1.82, 2.24) is 5.32 Å². The van der Waals surface area contributed by atoms with Crippen LogP contribution < -0.4 is 5.32 Å². The molecule has 0 fully saturated rings. The van der Waals surface area contributed by atoms with Gasteiger partial charge in [0.15, 0.2) is 0 Å². The molecule has 2 N–H and O–H groups in total. The van der Waals surface area contributed by atoms with Crippen LogP contribution in [-0.4, -0.2) is 22.5 Å². The Balaban J connectivity index is 2.92. The lowest BCUT2D eigenvalue weighted by Gasteiger charge is -2.24. The second-order valence-electron chi connectivity index (χ2n) is 4.09. The number of amides is 1. The number of halogens is 1. The predicted molar refractivity (Wildman–Crippen MR) is 72.5 cm³/mol. The number of carboxylic acid groups (broad SMARTS) is 1. The molecule has 0 bridgehead atoms. The van der Waals surface area contributed by atoms with Crippen LogP contribution in [0.4, 0.5) is 0 Å². The van der Waals surface area contributed by atoms with Gasteiger partial charge in [0.05, 0.1) is 0 Å². The molecule has 1 aromatic carbocycles. The Hall–Kier alpha value is -1.62. The highest BCUT2D eigenvalue weighted by atomic mass is 79.9. The van der Waals surface area contributed by atoms with Gasteiger partial charge >= 0.3 is 5.97 Å². The maximum absolute atomic E-state index is 12.0. The van der Waals surface area contributed by atoms with Crippen LogP contribution in [0, 0.1) is 0 Å². The molecular formula is C13H14BrNO3. The van der Waals surface area contributed by atoms with Crippen molar-refractivity contribution >= 4 is 27.8 Å². The van der Waals surface area contributed by atoms with Crippen LogP contribution in [0.1, 0.15) is 23.7 Å². The van der Waals surface area contributed by atoms with Crippen molar-refractivity contribution < 1.29 is 14.7 Å². The summed E-state index contributed by atoms with van der Waals surface area (Å²) in [7, 11) is 0. The highest BCUT2D eigenvalue weighted by molar-refractivity contribution is 9.10. The molecule has 0 saturated carbocycles. The third kappa shape index (κ3) is 3.43. The van der Waals surface area contributed by atoms with Gasteiger partial charge in [-0.2, -0.15) is 0 Å². The predicted octanol–water partition coefficient (Wildman–Crippen LogP) is 2.60. The van der Waals surface area contributed by atoms with E-state index >= 15 is 0 Å². The largest absolute Gasteiger partial charge is 0.480 e. The third-order valence-corrected chi connectivity index (χ3v) is 2.99. The molecule has 0 aliphatic carbocycles. The number of rotatable bonds is 5. The fourth-order valence-electron chi connectivity index (χ4n) is 1.43. The zero-order chi connectivity index (χ0) is 13.8. The average molecular weight is 312 g/mol. The first-order valence-corrected chi connectivity index (χ1v) is 6.11. The Labute approximate surface area is 114 Å². The van der Waals surface area contributed by atoms with E-state index in [9.17, 15) is 9.59 Å². The fraction of sp³-hybridized carbons (Fsp3) is 0.231. The standard InChI is InChI=1S/C13H14BrNO3/c1-3-7-13(2,12(17)18)15-11(16)9-5-4-6-10(14)8-9/h3-6,8H,1,7H2,2H3,(H,15,16)(H,17,18)/t13-/m1/s1. The van der Waals surface area contributed by atoms with Crippen molar-refractivity contribution in [2.24, 2.45) is 0 Å². The van der Waals surface area contributed by atoms with Crippen LogP contribution in [0.3, 0.4) is 0 Å². The molecule has 0 unspecified atom stereocenters. The second-order valence-corrected chi connectivity index (χ2v) is 5.01. The topological polar surface area (TPSA) is 66.4 Å². The van der Waals surface area contributed by atoms with Gasteiger partial charge in [0.2, 0.25) is 0 Å². The Bertz CT molecular complexity index is 487. The summed E-state index contributed by atoms with van der Waals surface area (Å²) < 4.78 is 0.760. The van der Waals surface area contributed by atoms with Crippen LogP contribution in [0.15, 0.2) is 41.4 Å². The molecule has 5 heteroatoms. The summed E-state index contributed by atoms with van der Waals surface area (Å²) >= 11 is 3.26. The molecule has 4 nitrogen and oxygen atoms in total. The summed E-state index contributed by atoms with van der Waals surface area (Å²) in [6.45, 7) is 4.95. The SMILES string of the molecule is C=CC[C@@](C)(NC(=O)c1cccc(Br)c1)C(=O)O. The molecule has 0 saturated heterocycles. The van der Waals surface area contributed by atoms with Gasteiger partial charge in [-0.15, -0.1) is 6.58 Å². The molecule has 96 valence electrons. The third-order valence-electron chi connectivity index (χ3n) is 2.50. The van der Waals surface area contributed by atoms with Crippen molar-refractivity contribution in [3.63, 3.8) is 0 Å². The number of nitrogens with one attached hydrogen (secondary N) is 1. The van der Waals surface area contributed by atoms with Crippen molar-refractivity contribution in [2.75, 3.05) is 0 Å². The van der Waals surface area contributed by atoms with Crippen molar-refractivity contribution in [3.8, 4) is 0 Å². The highest BCUT2D eigenvalue weighted by Gasteiger charge is 2.33. The van der Waals surface area contributed by atoms with E-state index in [4.69, 9.17) is 5.11 Å². The maximum atomic E-state index is 12.0. The van der Waals surface area contributed by atoms with E-state index in [0.29, 0.717) is 5.56 Å². The van der Waals surface area contributed by atoms with Gasteiger partial charge in [-0.3, -0.25) is 4.79 Å². The van der Waals surface area contributed by atoms with Gasteiger partial charge in [0.1, 0.15) is 5.54 Å². The Morgan fingerprint density at radius 1 is 1.56 bits per heavy atom. The summed E-state index contributed by atoms with van der Waals surface area (Å²) in [5, 5.41) is 11.6. The first-order valence-electron chi connectivity index (χ1n) is 5.31. The number of hydrogen-bond acceptors (Lipinski definition) is 2. The number of hydrogen-bond donors (Lipinski definition) is 2. The summed E-state index contributed by atoms with van der Waals surface area (Å²) in [4.78, 5) is 23.1. The van der Waals surface area contributed by atoms with Gasteiger partial charge in [-0.25, -0.2) is 4.79 Å². The molecule has 0 radical (unpaired) electrons. The monoisotopic (exact) mass is 311 g/mol. The summed E-state index contributed by atoms with van der Waals surface area (Å²) in [5.41, 5.74) is -0.942. The molecular weight excluding hydrogens is 298 g/mol. The lowest BCUT2D eigenvalue weighted by atomic mass is 9.97. The molecule has 18 heavy (non-hydrogen) atoms. The molecule has 1 amide bonds. The van der Waals surface area contributed by atoms with Gasteiger partial charge < -0.3 is 10.4 Å². The number of carboxylic acids is 1. The molecule has 1 atom stereocenters. The lowest BCUT2D eigenvalue weighted by Crippen LogP contribution is -2.51. The molecule has 0 heterocycles. The zero-order valence-electron chi connectivity index (χ0n) is 9.94. The van der Waals surface area contributed by atoms with Gasteiger partial charge in [-0.1, -0.05) is 28.1 Å². The van der Waals surface area contributed by atoms with Crippen LogP contribution in [0.25, 0.3) is 0 Å². The summed E-state index contributed by atoms with van der Waals surface area (Å²) in [6.07, 6.45) is 1.62. The van der Waals surface area contributed by atoms with Gasteiger partial charge in [-0.05, 0) is 31.5 Å². The Kier molecular flexibility index (Phi) is 4.67. The smallest absolute Gasteiger partial charge is 0.329 e. The van der Waals surface area contributed by atoms with E-state index < -0.39 is 17.4 Å². The van der Waals surface area contributed by atoms with Gasteiger partial charge in [0, 0.05) is 10.0 Å². The minimum Gasteiger partial charge on any atom is -0.480 e. The van der Waals surface area contributed by atoms with Crippen LogP contribution in [0.5, 0.6) is 0 Å². The fourth-order valence-corrected chi connectivity index (χ4v) is 1.83. The van der Waals surface area contributed by atoms with E-state index in [1.54, 1.807) is 24.3 Å². The van der Waals surface area contributed by atoms with E-state index in [1.807, 2.05) is 0 Å². The first-order chi connectivity index (χ1) is 8.39. The molecule has 0 aliphatic heterocycles. The van der Waals surface area contributed by atoms with Crippen LogP contribution in [-0.2, 0) is 4.79 Å². The average Bonchev–Trinajstić information content (AvgIpc) is 2.29. The molecule has 0 aliphatic rings. The quantitative estimate of drug-likeness (QED) is 0.821. The number of benzene rings is 1. The van der Waals surface area contributed by atoms with Crippen molar-refractivity contribution in [1.29, 1.82) is 0 Å². The van der Waals surface area contributed by atoms with E-state index in [1.165, 1.54) is 13.0 Å². The highest BCUT2D eigenvalue weighted by Crippen LogP contribution is 2.15. The van der Waals surface area contributed by atoms with E-state index in [0.717, 1.165) is 4.47 Å². The van der Waals surface area contributed by atoms with Crippen molar-refractivity contribution in [2.45, 2.75) is 18.9 Å². The van der Waals surface area contributed by atoms with Gasteiger partial charge in [0.25, 0.3) is 5.91 Å².